The molecule has 0 fully saturated rings. The van der Waals surface area contributed by atoms with Gasteiger partial charge in [-0.3, -0.25) is 4.79 Å². The lowest BCUT2D eigenvalue weighted by Gasteiger charge is -2.24. The van der Waals surface area contributed by atoms with E-state index in [2.05, 4.69) is 14.9 Å². The molecule has 1 aromatic carbocycles. The number of benzene rings is 1. The zero-order valence-electron chi connectivity index (χ0n) is 12.5. The molecule has 6 heteroatoms. The minimum absolute atomic E-state index is 0.0499. The molecular formula is C16H19N3O3. The number of hydrogen-bond acceptors (Lipinski definition) is 4. The molecule has 1 N–H and O–H groups in total. The van der Waals surface area contributed by atoms with Gasteiger partial charge in [0.25, 0.3) is 0 Å². The number of imidazole rings is 1. The van der Waals surface area contributed by atoms with Crippen molar-refractivity contribution in [2.75, 3.05) is 20.3 Å². The SMILES string of the molecule is COCC(=O)NC[C@H]1Cn2cc(-c3ccccc3)nc2CO1. The largest absolute Gasteiger partial charge is 0.375 e. The summed E-state index contributed by atoms with van der Waals surface area (Å²) < 4.78 is 12.6. The molecule has 3 rings (SSSR count). The molecule has 116 valence electrons. The van der Waals surface area contributed by atoms with Gasteiger partial charge in [-0.2, -0.15) is 0 Å². The van der Waals surface area contributed by atoms with E-state index in [-0.39, 0.29) is 18.6 Å². The molecule has 0 radical (unpaired) electrons. The third kappa shape index (κ3) is 3.35. The number of methoxy groups -OCH3 is 1. The zero-order valence-corrected chi connectivity index (χ0v) is 12.5. The maximum Gasteiger partial charge on any atom is 0.246 e. The average molecular weight is 301 g/mol. The van der Waals surface area contributed by atoms with Gasteiger partial charge in [-0.25, -0.2) is 4.98 Å². The average Bonchev–Trinajstić information content (AvgIpc) is 2.97. The molecule has 0 aliphatic carbocycles. The van der Waals surface area contributed by atoms with E-state index in [9.17, 15) is 4.79 Å². The minimum Gasteiger partial charge on any atom is -0.375 e. The van der Waals surface area contributed by atoms with Crippen molar-refractivity contribution in [1.82, 2.24) is 14.9 Å². The van der Waals surface area contributed by atoms with E-state index < -0.39 is 0 Å². The zero-order chi connectivity index (χ0) is 15.4. The second kappa shape index (κ2) is 6.72. The van der Waals surface area contributed by atoms with Crippen LogP contribution in [-0.4, -0.2) is 41.8 Å². The van der Waals surface area contributed by atoms with Crippen LogP contribution in [0, 0.1) is 0 Å². The fourth-order valence-electron chi connectivity index (χ4n) is 2.47. The highest BCUT2D eigenvalue weighted by atomic mass is 16.5. The quantitative estimate of drug-likeness (QED) is 0.901. The summed E-state index contributed by atoms with van der Waals surface area (Å²) in [6, 6.07) is 10.1. The predicted molar refractivity (Wildman–Crippen MR) is 81.1 cm³/mol. The number of rotatable bonds is 5. The van der Waals surface area contributed by atoms with Gasteiger partial charge in [0, 0.05) is 25.4 Å². The Hall–Kier alpha value is -2.18. The van der Waals surface area contributed by atoms with Crippen LogP contribution in [-0.2, 0) is 27.4 Å². The van der Waals surface area contributed by atoms with Crippen LogP contribution in [0.1, 0.15) is 5.82 Å². The molecule has 6 nitrogen and oxygen atoms in total. The van der Waals surface area contributed by atoms with Gasteiger partial charge in [0.05, 0.1) is 18.3 Å². The van der Waals surface area contributed by atoms with E-state index in [1.165, 1.54) is 7.11 Å². The number of fused-ring (bicyclic) bond motifs is 1. The highest BCUT2D eigenvalue weighted by molar-refractivity contribution is 5.77. The lowest BCUT2D eigenvalue weighted by molar-refractivity contribution is -0.125. The molecule has 2 aromatic rings. The number of amides is 1. The molecule has 0 bridgehead atoms. The van der Waals surface area contributed by atoms with Crippen molar-refractivity contribution in [3.8, 4) is 11.3 Å². The van der Waals surface area contributed by atoms with Crippen LogP contribution in [0.4, 0.5) is 0 Å². The van der Waals surface area contributed by atoms with E-state index in [4.69, 9.17) is 9.47 Å². The van der Waals surface area contributed by atoms with Crippen LogP contribution < -0.4 is 5.32 Å². The summed E-state index contributed by atoms with van der Waals surface area (Å²) >= 11 is 0. The first kappa shape index (κ1) is 14.7. The monoisotopic (exact) mass is 301 g/mol. The number of carbonyl (C=O) groups excluding carboxylic acids is 1. The second-order valence-electron chi connectivity index (χ2n) is 5.23. The lowest BCUT2D eigenvalue weighted by Crippen LogP contribution is -2.39. The van der Waals surface area contributed by atoms with Crippen LogP contribution in [0.25, 0.3) is 11.3 Å². The number of aromatic nitrogens is 2. The Labute approximate surface area is 129 Å². The summed E-state index contributed by atoms with van der Waals surface area (Å²) in [7, 11) is 1.50. The molecule has 1 atom stereocenters. The normalized spacial score (nSPS) is 17.0. The van der Waals surface area contributed by atoms with Gasteiger partial charge >= 0.3 is 0 Å². The first-order valence-corrected chi connectivity index (χ1v) is 7.25. The molecule has 0 unspecified atom stereocenters. The maximum absolute atomic E-state index is 11.4. The molecule has 22 heavy (non-hydrogen) atoms. The predicted octanol–water partition coefficient (Wildman–Crippen LogP) is 1.21. The first-order chi connectivity index (χ1) is 10.8. The molecule has 1 aliphatic rings. The van der Waals surface area contributed by atoms with Gasteiger partial charge in [0.15, 0.2) is 0 Å². The van der Waals surface area contributed by atoms with Crippen molar-refractivity contribution in [2.24, 2.45) is 0 Å². The molecule has 2 heterocycles. The summed E-state index contributed by atoms with van der Waals surface area (Å²) in [5.41, 5.74) is 2.04. The van der Waals surface area contributed by atoms with Crippen molar-refractivity contribution in [1.29, 1.82) is 0 Å². The fraction of sp³-hybridized carbons (Fsp3) is 0.375. The highest BCUT2D eigenvalue weighted by Gasteiger charge is 2.21. The van der Waals surface area contributed by atoms with Gasteiger partial charge in [-0.05, 0) is 0 Å². The molecule has 1 aliphatic heterocycles. The van der Waals surface area contributed by atoms with Gasteiger partial charge in [-0.1, -0.05) is 30.3 Å². The summed E-state index contributed by atoms with van der Waals surface area (Å²) in [6.45, 7) is 1.68. The van der Waals surface area contributed by atoms with Crippen LogP contribution >= 0.6 is 0 Å². The Kier molecular flexibility index (Phi) is 4.50. The number of nitrogens with zero attached hydrogens (tertiary/aromatic N) is 2. The van der Waals surface area contributed by atoms with Crippen LogP contribution in [0.3, 0.4) is 0 Å². The summed E-state index contributed by atoms with van der Waals surface area (Å²) in [5.74, 6) is 0.783. The Morgan fingerprint density at radius 2 is 2.27 bits per heavy atom. The Balaban J connectivity index is 1.64. The van der Waals surface area contributed by atoms with Crippen molar-refractivity contribution in [2.45, 2.75) is 19.3 Å². The van der Waals surface area contributed by atoms with Gasteiger partial charge in [0.2, 0.25) is 5.91 Å². The third-order valence-corrected chi connectivity index (χ3v) is 3.58. The molecule has 0 saturated carbocycles. The number of hydrogen-bond donors (Lipinski definition) is 1. The second-order valence-corrected chi connectivity index (χ2v) is 5.23. The van der Waals surface area contributed by atoms with E-state index in [1.54, 1.807) is 0 Å². The summed E-state index contributed by atoms with van der Waals surface area (Å²) in [4.78, 5) is 16.0. The van der Waals surface area contributed by atoms with Crippen molar-refractivity contribution in [3.63, 3.8) is 0 Å². The highest BCUT2D eigenvalue weighted by Crippen LogP contribution is 2.21. The number of carbonyl (C=O) groups is 1. The minimum atomic E-state index is -0.132. The molecular weight excluding hydrogens is 282 g/mol. The Morgan fingerprint density at radius 3 is 3.05 bits per heavy atom. The standard InChI is InChI=1S/C16H19N3O3/c1-21-11-16(20)17-7-13-8-19-9-14(18-15(19)10-22-13)12-5-3-2-4-6-12/h2-6,9,13H,7-8,10-11H2,1H3,(H,17,20)/t13-/m0/s1. The van der Waals surface area contributed by atoms with E-state index in [0.29, 0.717) is 19.7 Å². The van der Waals surface area contributed by atoms with Crippen molar-refractivity contribution < 1.29 is 14.3 Å². The van der Waals surface area contributed by atoms with Gasteiger partial charge < -0.3 is 19.4 Å². The van der Waals surface area contributed by atoms with Crippen molar-refractivity contribution in [3.05, 3.63) is 42.4 Å². The third-order valence-electron chi connectivity index (χ3n) is 3.58. The van der Waals surface area contributed by atoms with E-state index in [1.807, 2.05) is 36.5 Å². The number of ether oxygens (including phenoxy) is 2. The molecule has 1 amide bonds. The summed E-state index contributed by atoms with van der Waals surface area (Å²) in [5, 5.41) is 2.80. The van der Waals surface area contributed by atoms with Crippen LogP contribution in [0.15, 0.2) is 36.5 Å². The first-order valence-electron chi connectivity index (χ1n) is 7.25. The van der Waals surface area contributed by atoms with Gasteiger partial charge in [-0.15, -0.1) is 0 Å². The number of nitrogens with one attached hydrogen (secondary N) is 1. The van der Waals surface area contributed by atoms with Crippen LogP contribution in [0.2, 0.25) is 0 Å². The Morgan fingerprint density at radius 1 is 1.45 bits per heavy atom. The molecule has 0 spiro atoms. The van der Waals surface area contributed by atoms with E-state index in [0.717, 1.165) is 17.1 Å². The molecule has 0 saturated heterocycles. The Bertz CT molecular complexity index is 639. The molecule has 1 aromatic heterocycles. The summed E-state index contributed by atoms with van der Waals surface area (Å²) in [6.07, 6.45) is 1.99. The van der Waals surface area contributed by atoms with Crippen molar-refractivity contribution >= 4 is 5.91 Å². The maximum atomic E-state index is 11.4. The topological polar surface area (TPSA) is 65.4 Å². The fourth-order valence-corrected chi connectivity index (χ4v) is 2.47. The lowest BCUT2D eigenvalue weighted by atomic mass is 10.2. The van der Waals surface area contributed by atoms with Crippen LogP contribution in [0.5, 0.6) is 0 Å². The smallest absolute Gasteiger partial charge is 0.246 e. The van der Waals surface area contributed by atoms with Gasteiger partial charge in [0.1, 0.15) is 19.0 Å². The van der Waals surface area contributed by atoms with E-state index >= 15 is 0 Å².